The molecular weight excluding hydrogens is 338 g/mol. The normalized spacial score (nSPS) is 16.3. The Hall–Kier alpha value is -2.47. The fraction of sp³-hybridized carbons (Fsp3) is 0.476. The first-order chi connectivity index (χ1) is 13.2. The first-order valence-electron chi connectivity index (χ1n) is 9.63. The van der Waals surface area contributed by atoms with Gasteiger partial charge in [-0.05, 0) is 43.6 Å². The summed E-state index contributed by atoms with van der Waals surface area (Å²) in [5.41, 5.74) is 2.47. The van der Waals surface area contributed by atoms with Crippen molar-refractivity contribution in [3.8, 4) is 5.75 Å². The summed E-state index contributed by atoms with van der Waals surface area (Å²) in [5.74, 6) is 1.77. The van der Waals surface area contributed by atoms with Crippen LogP contribution in [0.15, 0.2) is 47.7 Å². The van der Waals surface area contributed by atoms with Gasteiger partial charge in [0.1, 0.15) is 5.75 Å². The van der Waals surface area contributed by atoms with E-state index in [1.165, 1.54) is 24.0 Å². The van der Waals surface area contributed by atoms with Gasteiger partial charge in [-0.1, -0.05) is 18.2 Å². The number of hydrogen-bond acceptors (Lipinski definition) is 3. The summed E-state index contributed by atoms with van der Waals surface area (Å²) in [6.07, 6.45) is 6.68. The summed E-state index contributed by atoms with van der Waals surface area (Å²) in [7, 11) is 5.59. The van der Waals surface area contributed by atoms with E-state index in [4.69, 9.17) is 4.74 Å². The highest BCUT2D eigenvalue weighted by atomic mass is 16.5. The van der Waals surface area contributed by atoms with Crippen molar-refractivity contribution >= 4 is 5.96 Å². The van der Waals surface area contributed by atoms with Gasteiger partial charge >= 0.3 is 0 Å². The van der Waals surface area contributed by atoms with Gasteiger partial charge in [0.05, 0.1) is 13.2 Å². The van der Waals surface area contributed by atoms with Crippen LogP contribution >= 0.6 is 0 Å². The summed E-state index contributed by atoms with van der Waals surface area (Å²) in [6, 6.07) is 10.7. The number of benzene rings is 1. The van der Waals surface area contributed by atoms with Crippen molar-refractivity contribution in [1.29, 1.82) is 0 Å². The zero-order valence-electron chi connectivity index (χ0n) is 16.6. The van der Waals surface area contributed by atoms with Crippen LogP contribution in [0.25, 0.3) is 0 Å². The van der Waals surface area contributed by atoms with Crippen LogP contribution in [0.2, 0.25) is 0 Å². The molecule has 0 amide bonds. The third-order valence-electron chi connectivity index (χ3n) is 5.12. The highest BCUT2D eigenvalue weighted by molar-refractivity contribution is 5.79. The molecule has 1 aromatic heterocycles. The number of guanidine groups is 1. The van der Waals surface area contributed by atoms with Crippen LogP contribution in [-0.2, 0) is 13.6 Å². The number of methoxy groups -OCH3 is 1. The molecule has 6 heteroatoms. The van der Waals surface area contributed by atoms with E-state index in [-0.39, 0.29) is 6.04 Å². The number of aryl methyl sites for hydroxylation is 1. The molecular formula is C21H31N5O. The van der Waals surface area contributed by atoms with E-state index in [0.29, 0.717) is 0 Å². The highest BCUT2D eigenvalue weighted by Gasteiger charge is 2.25. The molecule has 0 aliphatic carbocycles. The maximum Gasteiger partial charge on any atom is 0.191 e. The Morgan fingerprint density at radius 2 is 1.96 bits per heavy atom. The quantitative estimate of drug-likeness (QED) is 0.582. The third-order valence-corrected chi connectivity index (χ3v) is 5.12. The predicted octanol–water partition coefficient (Wildman–Crippen LogP) is 2.54. The zero-order valence-corrected chi connectivity index (χ0v) is 16.6. The molecule has 0 bridgehead atoms. The highest BCUT2D eigenvalue weighted by Crippen LogP contribution is 2.31. The van der Waals surface area contributed by atoms with Gasteiger partial charge in [0.2, 0.25) is 0 Å². The molecule has 1 atom stereocenters. The van der Waals surface area contributed by atoms with Crippen molar-refractivity contribution in [3.63, 3.8) is 0 Å². The van der Waals surface area contributed by atoms with Gasteiger partial charge in [0.25, 0.3) is 0 Å². The molecule has 0 radical (unpaired) electrons. The molecule has 0 saturated carbocycles. The van der Waals surface area contributed by atoms with Crippen molar-refractivity contribution in [2.45, 2.75) is 25.4 Å². The van der Waals surface area contributed by atoms with E-state index in [2.05, 4.69) is 55.7 Å². The molecule has 1 fully saturated rings. The van der Waals surface area contributed by atoms with Crippen LogP contribution in [0, 0.1) is 0 Å². The molecule has 27 heavy (non-hydrogen) atoms. The van der Waals surface area contributed by atoms with Gasteiger partial charge in [-0.25, -0.2) is 0 Å². The average molecular weight is 370 g/mol. The lowest BCUT2D eigenvalue weighted by molar-refractivity contribution is 0.239. The van der Waals surface area contributed by atoms with Crippen LogP contribution in [0.5, 0.6) is 5.75 Å². The molecule has 6 nitrogen and oxygen atoms in total. The topological polar surface area (TPSA) is 53.8 Å². The van der Waals surface area contributed by atoms with Crippen LogP contribution in [-0.4, -0.2) is 49.2 Å². The lowest BCUT2D eigenvalue weighted by Gasteiger charge is -2.30. The van der Waals surface area contributed by atoms with Crippen molar-refractivity contribution < 1.29 is 4.74 Å². The maximum atomic E-state index is 5.62. The number of para-hydroxylation sites is 1. The van der Waals surface area contributed by atoms with Crippen molar-refractivity contribution in [1.82, 2.24) is 20.1 Å². The lowest BCUT2D eigenvalue weighted by atomic mass is 10.0. The molecule has 146 valence electrons. The standard InChI is InChI=1S/C21H31N5O/c1-22-21(23-14-17-10-13-25(2)16-17)24-15-19(26-11-6-7-12-26)18-8-4-5-9-20(18)27-3/h4-5,8-10,13,16,19H,6-7,11-12,14-15H2,1-3H3,(H2,22,23,24). The number of likely N-dealkylation sites (tertiary alicyclic amines) is 1. The molecule has 1 aromatic carbocycles. The number of rotatable bonds is 7. The van der Waals surface area contributed by atoms with E-state index in [1.807, 2.05) is 26.2 Å². The molecule has 0 spiro atoms. The van der Waals surface area contributed by atoms with Crippen LogP contribution < -0.4 is 15.4 Å². The SMILES string of the molecule is CN=C(NCc1ccn(C)c1)NCC(c1ccccc1OC)N1CCCC1. The second-order valence-electron chi connectivity index (χ2n) is 6.99. The van der Waals surface area contributed by atoms with Crippen molar-refractivity contribution in [2.75, 3.05) is 33.8 Å². The number of aromatic nitrogens is 1. The molecule has 2 heterocycles. The van der Waals surface area contributed by atoms with Crippen molar-refractivity contribution in [2.24, 2.45) is 12.0 Å². The second-order valence-corrected chi connectivity index (χ2v) is 6.99. The Balaban J connectivity index is 1.66. The van der Waals surface area contributed by atoms with E-state index in [9.17, 15) is 0 Å². The first kappa shape index (κ1) is 19.3. The average Bonchev–Trinajstić information content (AvgIpc) is 3.36. The van der Waals surface area contributed by atoms with Crippen LogP contribution in [0.1, 0.15) is 30.0 Å². The number of ether oxygens (including phenoxy) is 1. The first-order valence-corrected chi connectivity index (χ1v) is 9.63. The number of aliphatic imine (C=N–C) groups is 1. The summed E-state index contributed by atoms with van der Waals surface area (Å²) < 4.78 is 7.68. The van der Waals surface area contributed by atoms with Crippen molar-refractivity contribution in [3.05, 3.63) is 53.9 Å². The predicted molar refractivity (Wildman–Crippen MR) is 110 cm³/mol. The minimum Gasteiger partial charge on any atom is -0.496 e. The molecule has 1 aliphatic heterocycles. The Morgan fingerprint density at radius 3 is 2.63 bits per heavy atom. The van der Waals surface area contributed by atoms with E-state index >= 15 is 0 Å². The summed E-state index contributed by atoms with van der Waals surface area (Å²) in [5, 5.41) is 6.91. The van der Waals surface area contributed by atoms with E-state index in [0.717, 1.165) is 37.9 Å². The van der Waals surface area contributed by atoms with Gasteiger partial charge in [-0.2, -0.15) is 0 Å². The Kier molecular flexibility index (Phi) is 6.76. The number of nitrogens with one attached hydrogen (secondary N) is 2. The summed E-state index contributed by atoms with van der Waals surface area (Å²) in [6.45, 7) is 3.79. The van der Waals surface area contributed by atoms with Gasteiger partial charge < -0.3 is 19.9 Å². The lowest BCUT2D eigenvalue weighted by Crippen LogP contribution is -2.42. The summed E-state index contributed by atoms with van der Waals surface area (Å²) in [4.78, 5) is 6.92. The molecule has 1 saturated heterocycles. The fourth-order valence-electron chi connectivity index (χ4n) is 3.70. The fourth-order valence-corrected chi connectivity index (χ4v) is 3.70. The second kappa shape index (κ2) is 9.46. The third kappa shape index (κ3) is 5.04. The van der Waals surface area contributed by atoms with Crippen LogP contribution in [0.3, 0.4) is 0 Å². The minimum atomic E-state index is 0.263. The number of nitrogens with zero attached hydrogens (tertiary/aromatic N) is 3. The molecule has 1 unspecified atom stereocenters. The van der Waals surface area contributed by atoms with Gasteiger partial charge in [-0.15, -0.1) is 0 Å². The number of hydrogen-bond donors (Lipinski definition) is 2. The Labute approximate surface area is 162 Å². The monoisotopic (exact) mass is 369 g/mol. The summed E-state index contributed by atoms with van der Waals surface area (Å²) >= 11 is 0. The molecule has 3 rings (SSSR count). The Bertz CT molecular complexity index is 749. The molecule has 2 aromatic rings. The van der Waals surface area contributed by atoms with E-state index < -0.39 is 0 Å². The van der Waals surface area contributed by atoms with Crippen LogP contribution in [0.4, 0.5) is 0 Å². The minimum absolute atomic E-state index is 0.263. The van der Waals surface area contributed by atoms with Gasteiger partial charge in [-0.3, -0.25) is 9.89 Å². The van der Waals surface area contributed by atoms with E-state index in [1.54, 1.807) is 7.11 Å². The molecule has 1 aliphatic rings. The van der Waals surface area contributed by atoms with Gasteiger partial charge in [0.15, 0.2) is 5.96 Å². The van der Waals surface area contributed by atoms with Gasteiger partial charge in [0, 0.05) is 45.1 Å². The smallest absolute Gasteiger partial charge is 0.191 e. The largest absolute Gasteiger partial charge is 0.496 e. The molecule has 2 N–H and O–H groups in total. The zero-order chi connectivity index (χ0) is 19.1. The Morgan fingerprint density at radius 1 is 1.19 bits per heavy atom. The maximum absolute atomic E-state index is 5.62.